The van der Waals surface area contributed by atoms with Crippen LogP contribution in [-0.2, 0) is 23.5 Å². The number of aliphatic hydroxyl groups excluding tert-OH is 1. The zero-order valence-corrected chi connectivity index (χ0v) is 15.6. The molecule has 2 aromatic heterocycles. The van der Waals surface area contributed by atoms with Gasteiger partial charge >= 0.3 is 0 Å². The quantitative estimate of drug-likeness (QED) is 0.505. The molecule has 148 valence electrons. The third-order valence-electron chi connectivity index (χ3n) is 6.16. The number of hydrogen-bond acceptors (Lipinski definition) is 7. The Morgan fingerprint density at radius 1 is 1.24 bits per heavy atom. The summed E-state index contributed by atoms with van der Waals surface area (Å²) in [5.74, 6) is 1.33. The van der Waals surface area contributed by atoms with Crippen LogP contribution < -0.4 is 15.0 Å². The average molecular weight is 394 g/mol. The van der Waals surface area contributed by atoms with Gasteiger partial charge in [0.15, 0.2) is 17.8 Å². The molecule has 8 nitrogen and oxygen atoms in total. The minimum atomic E-state index is -1.63. The first-order valence-electron chi connectivity index (χ1n) is 9.52. The Hall–Kier alpha value is -2.94. The first-order chi connectivity index (χ1) is 14.0. The number of fused-ring (bicyclic) bond motifs is 6. The maximum Gasteiger partial charge on any atom is 0.257 e. The van der Waals surface area contributed by atoms with Crippen LogP contribution in [-0.4, -0.2) is 32.8 Å². The van der Waals surface area contributed by atoms with Crippen molar-refractivity contribution >= 4 is 10.9 Å². The summed E-state index contributed by atoms with van der Waals surface area (Å²) >= 11 is 0. The van der Waals surface area contributed by atoms with Gasteiger partial charge in [-0.3, -0.25) is 4.79 Å². The van der Waals surface area contributed by atoms with Crippen LogP contribution in [0.15, 0.2) is 29.1 Å². The summed E-state index contributed by atoms with van der Waals surface area (Å²) in [5.41, 5.74) is 1.90. The molecule has 0 amide bonds. The van der Waals surface area contributed by atoms with E-state index in [4.69, 9.17) is 19.2 Å². The molecular formula is C21H18N2O6. The summed E-state index contributed by atoms with van der Waals surface area (Å²) in [6.07, 6.45) is -1.17. The fraction of sp³-hybridized carbons (Fsp3) is 0.333. The topological polar surface area (TPSA) is 103 Å². The van der Waals surface area contributed by atoms with Gasteiger partial charge in [-0.15, -0.1) is 0 Å². The van der Waals surface area contributed by atoms with Gasteiger partial charge in [0, 0.05) is 28.1 Å². The van der Waals surface area contributed by atoms with Gasteiger partial charge in [0.05, 0.1) is 30.1 Å². The van der Waals surface area contributed by atoms with Gasteiger partial charge < -0.3 is 29.0 Å². The highest BCUT2D eigenvalue weighted by molar-refractivity contribution is 5.87. The van der Waals surface area contributed by atoms with Crippen LogP contribution in [0.1, 0.15) is 30.0 Å². The van der Waals surface area contributed by atoms with Crippen molar-refractivity contribution in [2.75, 3.05) is 6.79 Å². The second-order valence-electron chi connectivity index (χ2n) is 7.65. The minimum absolute atomic E-state index is 0.0366. The van der Waals surface area contributed by atoms with E-state index in [-0.39, 0.29) is 25.4 Å². The summed E-state index contributed by atoms with van der Waals surface area (Å²) < 4.78 is 17.8. The van der Waals surface area contributed by atoms with Gasteiger partial charge in [-0.1, -0.05) is 6.92 Å². The Bertz CT molecular complexity index is 1270. The second-order valence-corrected chi connectivity index (χ2v) is 7.65. The van der Waals surface area contributed by atoms with Crippen molar-refractivity contribution in [3.05, 3.63) is 51.3 Å². The highest BCUT2D eigenvalue weighted by atomic mass is 16.7. The number of hydrogen-bond donors (Lipinski definition) is 2. The third kappa shape index (κ3) is 2.13. The molecule has 0 fully saturated rings. The first-order valence-corrected chi connectivity index (χ1v) is 9.52. The summed E-state index contributed by atoms with van der Waals surface area (Å²) in [7, 11) is 0. The van der Waals surface area contributed by atoms with E-state index in [0.717, 1.165) is 16.5 Å². The molecule has 0 radical (unpaired) electrons. The molecule has 3 aliphatic rings. The van der Waals surface area contributed by atoms with E-state index >= 15 is 0 Å². The molecular weight excluding hydrogens is 376 g/mol. The Balaban J connectivity index is 1.60. The van der Waals surface area contributed by atoms with Crippen LogP contribution in [0.4, 0.5) is 0 Å². The van der Waals surface area contributed by atoms with Gasteiger partial charge in [-0.2, -0.15) is 0 Å². The van der Waals surface area contributed by atoms with Gasteiger partial charge in [-0.25, -0.2) is 4.98 Å². The number of aliphatic hydroxyl groups is 2. The predicted molar refractivity (Wildman–Crippen MR) is 102 cm³/mol. The molecule has 0 saturated carbocycles. The van der Waals surface area contributed by atoms with Crippen LogP contribution in [0.25, 0.3) is 22.3 Å². The number of pyridine rings is 2. The second kappa shape index (κ2) is 5.56. The molecule has 6 rings (SSSR count). The summed E-state index contributed by atoms with van der Waals surface area (Å²) in [4.78, 5) is 18.0. The Labute approximate surface area is 164 Å². The molecule has 29 heavy (non-hydrogen) atoms. The maximum atomic E-state index is 13.2. The largest absolute Gasteiger partial charge is 0.454 e. The molecule has 3 aromatic rings. The number of ether oxygens (including phenoxy) is 3. The Morgan fingerprint density at radius 2 is 2.03 bits per heavy atom. The number of nitrogens with zero attached hydrogens (tertiary/aromatic N) is 2. The van der Waals surface area contributed by atoms with E-state index in [0.29, 0.717) is 40.6 Å². The van der Waals surface area contributed by atoms with E-state index < -0.39 is 11.9 Å². The van der Waals surface area contributed by atoms with Crippen LogP contribution in [0, 0.1) is 0 Å². The van der Waals surface area contributed by atoms with Crippen LogP contribution in [0.3, 0.4) is 0 Å². The lowest BCUT2D eigenvalue weighted by molar-refractivity contribution is -0.236. The summed E-state index contributed by atoms with van der Waals surface area (Å²) in [6.45, 7) is 2.29. The van der Waals surface area contributed by atoms with Gasteiger partial charge in [-0.05, 0) is 24.6 Å². The molecule has 0 aliphatic carbocycles. The van der Waals surface area contributed by atoms with E-state index in [2.05, 4.69) is 0 Å². The smallest absolute Gasteiger partial charge is 0.257 e. The lowest BCUT2D eigenvalue weighted by Gasteiger charge is -2.37. The molecule has 1 aromatic carbocycles. The van der Waals surface area contributed by atoms with Crippen molar-refractivity contribution in [3.63, 3.8) is 0 Å². The van der Waals surface area contributed by atoms with Gasteiger partial charge in [0.2, 0.25) is 6.79 Å². The number of aromatic nitrogens is 2. The number of benzene rings is 1. The molecule has 0 bridgehead atoms. The lowest BCUT2D eigenvalue weighted by atomic mass is 9.85. The van der Waals surface area contributed by atoms with Crippen molar-refractivity contribution in [2.24, 2.45) is 0 Å². The van der Waals surface area contributed by atoms with Crippen molar-refractivity contribution in [3.8, 4) is 22.9 Å². The zero-order valence-electron chi connectivity index (χ0n) is 15.6. The van der Waals surface area contributed by atoms with E-state index in [1.165, 1.54) is 0 Å². The van der Waals surface area contributed by atoms with Gasteiger partial charge in [0.25, 0.3) is 5.56 Å². The highest BCUT2D eigenvalue weighted by Gasteiger charge is 2.44. The van der Waals surface area contributed by atoms with Crippen molar-refractivity contribution in [1.82, 2.24) is 9.55 Å². The fourth-order valence-electron chi connectivity index (χ4n) is 4.49. The fourth-order valence-corrected chi connectivity index (χ4v) is 4.49. The van der Waals surface area contributed by atoms with Gasteiger partial charge in [0.1, 0.15) is 5.60 Å². The third-order valence-corrected chi connectivity index (χ3v) is 6.16. The van der Waals surface area contributed by atoms with E-state index in [9.17, 15) is 15.0 Å². The average Bonchev–Trinajstić information content (AvgIpc) is 3.32. The molecule has 5 heterocycles. The van der Waals surface area contributed by atoms with Crippen molar-refractivity contribution in [1.29, 1.82) is 0 Å². The zero-order chi connectivity index (χ0) is 19.9. The summed E-state index contributed by atoms with van der Waals surface area (Å²) in [6, 6.07) is 7.49. The molecule has 1 unspecified atom stereocenters. The normalized spacial score (nSPS) is 23.8. The SMILES string of the molecule is CC[C@]1(O)c2cc3n(c(=O)c2COC1O)Cc1cc2cc4c(cc2nc1-3)OCO4. The molecule has 0 spiro atoms. The van der Waals surface area contributed by atoms with Crippen molar-refractivity contribution in [2.45, 2.75) is 38.4 Å². The molecule has 2 atom stereocenters. The van der Waals surface area contributed by atoms with Crippen LogP contribution in [0.5, 0.6) is 11.5 Å². The minimum Gasteiger partial charge on any atom is -0.454 e. The van der Waals surface area contributed by atoms with E-state index in [1.54, 1.807) is 17.6 Å². The highest BCUT2D eigenvalue weighted by Crippen LogP contribution is 2.41. The lowest BCUT2D eigenvalue weighted by Crippen LogP contribution is -2.47. The van der Waals surface area contributed by atoms with Crippen LogP contribution in [0.2, 0.25) is 0 Å². The maximum absolute atomic E-state index is 13.2. The monoisotopic (exact) mass is 394 g/mol. The van der Waals surface area contributed by atoms with E-state index in [1.807, 2.05) is 18.2 Å². The summed E-state index contributed by atoms with van der Waals surface area (Å²) in [5, 5.41) is 22.1. The van der Waals surface area contributed by atoms with Crippen molar-refractivity contribution < 1.29 is 24.4 Å². The standard InChI is InChI=1S/C21H18N2O6/c1-2-21(26)13-5-15-18-11(7-23(15)19(24)12(13)8-27-20(21)25)3-10-4-16-17(29-9-28-16)6-14(10)22-18/h3-6,20,25-26H,2,7-9H2,1H3/t20?,21-/m0/s1. The van der Waals surface area contributed by atoms with Crippen LogP contribution >= 0.6 is 0 Å². The molecule has 2 N–H and O–H groups in total. The molecule has 8 heteroatoms. The molecule has 0 saturated heterocycles. The number of rotatable bonds is 1. The Morgan fingerprint density at radius 3 is 2.83 bits per heavy atom. The molecule has 3 aliphatic heterocycles. The first kappa shape index (κ1) is 17.0. The Kier molecular flexibility index (Phi) is 3.25. The predicted octanol–water partition coefficient (Wildman–Crippen LogP) is 1.60.